The summed E-state index contributed by atoms with van der Waals surface area (Å²) in [6, 6.07) is 0.311. The Morgan fingerprint density at radius 1 is 1.33 bits per heavy atom. The summed E-state index contributed by atoms with van der Waals surface area (Å²) in [4.78, 5) is 10.7. The number of esters is 1. The molecule has 0 aromatic carbocycles. The predicted octanol–water partition coefficient (Wildman–Crippen LogP) is 1.21. The quantitative estimate of drug-likeness (QED) is 0.476. The zero-order valence-corrected chi connectivity index (χ0v) is 7.58. The van der Waals surface area contributed by atoms with Crippen molar-refractivity contribution in [3.05, 3.63) is 0 Å². The number of ether oxygens (including phenoxy) is 1. The molecule has 0 aromatic rings. The number of hydrogen-bond acceptors (Lipinski definition) is 3. The molecule has 0 heterocycles. The first kappa shape index (κ1) is 9.52. The first-order valence-electron chi connectivity index (χ1n) is 4.61. The van der Waals surface area contributed by atoms with E-state index in [1.165, 1.54) is 6.92 Å². The Kier molecular flexibility index (Phi) is 3.53. The van der Waals surface area contributed by atoms with E-state index in [1.807, 2.05) is 0 Å². The fraction of sp³-hybridized carbons (Fsp3) is 0.889. The Hall–Kier alpha value is -0.570. The van der Waals surface area contributed by atoms with Crippen molar-refractivity contribution >= 4 is 5.97 Å². The molecule has 0 amide bonds. The molecule has 3 heteroatoms. The zero-order valence-electron chi connectivity index (χ0n) is 7.58. The second-order valence-corrected chi connectivity index (χ2v) is 3.50. The van der Waals surface area contributed by atoms with E-state index >= 15 is 0 Å². The Morgan fingerprint density at radius 3 is 2.75 bits per heavy atom. The summed E-state index contributed by atoms with van der Waals surface area (Å²) in [7, 11) is 0. The van der Waals surface area contributed by atoms with Crippen molar-refractivity contribution in [3.63, 3.8) is 0 Å². The number of carbonyl (C=O) groups excluding carboxylic acids is 1. The number of rotatable bonds is 1. The number of carbonyl (C=O) groups is 1. The van der Waals surface area contributed by atoms with Gasteiger partial charge in [0.15, 0.2) is 0 Å². The van der Waals surface area contributed by atoms with E-state index in [2.05, 4.69) is 0 Å². The molecular formula is C9H17NO2. The molecule has 2 atom stereocenters. The van der Waals surface area contributed by atoms with Crippen LogP contribution in [-0.4, -0.2) is 18.1 Å². The van der Waals surface area contributed by atoms with Gasteiger partial charge in [0, 0.05) is 13.0 Å². The molecule has 3 nitrogen and oxygen atoms in total. The summed E-state index contributed by atoms with van der Waals surface area (Å²) >= 11 is 0. The van der Waals surface area contributed by atoms with Gasteiger partial charge >= 0.3 is 5.97 Å². The predicted molar refractivity (Wildman–Crippen MR) is 46.6 cm³/mol. The molecule has 1 aliphatic carbocycles. The van der Waals surface area contributed by atoms with Gasteiger partial charge in [0.1, 0.15) is 6.10 Å². The molecule has 0 radical (unpaired) electrons. The molecule has 1 saturated carbocycles. The van der Waals surface area contributed by atoms with Crippen LogP contribution in [0.2, 0.25) is 0 Å². The average molecular weight is 171 g/mol. The smallest absolute Gasteiger partial charge is 0.302 e. The van der Waals surface area contributed by atoms with E-state index < -0.39 is 0 Å². The zero-order chi connectivity index (χ0) is 8.97. The van der Waals surface area contributed by atoms with E-state index in [4.69, 9.17) is 10.5 Å². The van der Waals surface area contributed by atoms with Crippen molar-refractivity contribution in [1.82, 2.24) is 0 Å². The highest BCUT2D eigenvalue weighted by Gasteiger charge is 2.17. The van der Waals surface area contributed by atoms with Gasteiger partial charge in [0.2, 0.25) is 0 Å². The first-order chi connectivity index (χ1) is 5.68. The van der Waals surface area contributed by atoms with Gasteiger partial charge in [-0.3, -0.25) is 4.79 Å². The Morgan fingerprint density at radius 2 is 2.08 bits per heavy atom. The molecule has 0 aliphatic heterocycles. The van der Waals surface area contributed by atoms with Crippen LogP contribution in [0, 0.1) is 0 Å². The average Bonchev–Trinajstić information content (AvgIpc) is 2.15. The van der Waals surface area contributed by atoms with Gasteiger partial charge in [-0.05, 0) is 32.1 Å². The number of hydrogen-bond donors (Lipinski definition) is 1. The highest BCUT2D eigenvalue weighted by atomic mass is 16.5. The van der Waals surface area contributed by atoms with Crippen molar-refractivity contribution in [2.75, 3.05) is 0 Å². The fourth-order valence-electron chi connectivity index (χ4n) is 1.65. The van der Waals surface area contributed by atoms with E-state index in [1.54, 1.807) is 0 Å². The maximum absolute atomic E-state index is 10.7. The van der Waals surface area contributed by atoms with Crippen LogP contribution in [0.4, 0.5) is 0 Å². The van der Waals surface area contributed by atoms with E-state index in [9.17, 15) is 4.79 Å². The lowest BCUT2D eigenvalue weighted by Crippen LogP contribution is -2.19. The summed E-state index contributed by atoms with van der Waals surface area (Å²) in [5.41, 5.74) is 5.79. The second kappa shape index (κ2) is 4.45. The molecule has 1 aliphatic rings. The fourth-order valence-corrected chi connectivity index (χ4v) is 1.65. The highest BCUT2D eigenvalue weighted by Crippen LogP contribution is 2.19. The third-order valence-corrected chi connectivity index (χ3v) is 2.29. The van der Waals surface area contributed by atoms with Crippen molar-refractivity contribution in [1.29, 1.82) is 0 Å². The summed E-state index contributed by atoms with van der Waals surface area (Å²) in [5, 5.41) is 0. The van der Waals surface area contributed by atoms with E-state index in [-0.39, 0.29) is 12.1 Å². The van der Waals surface area contributed by atoms with Crippen LogP contribution in [0.3, 0.4) is 0 Å². The maximum Gasteiger partial charge on any atom is 0.302 e. The largest absolute Gasteiger partial charge is 0.463 e. The third kappa shape index (κ3) is 3.22. The van der Waals surface area contributed by atoms with Crippen LogP contribution in [-0.2, 0) is 9.53 Å². The van der Waals surface area contributed by atoms with Crippen molar-refractivity contribution < 1.29 is 9.53 Å². The SMILES string of the molecule is CC(=O)O[C@@H]1CCC[C@H](N)CC1. The van der Waals surface area contributed by atoms with E-state index in [0.29, 0.717) is 6.04 Å². The summed E-state index contributed by atoms with van der Waals surface area (Å²) < 4.78 is 5.12. The van der Waals surface area contributed by atoms with Crippen LogP contribution < -0.4 is 5.73 Å². The van der Waals surface area contributed by atoms with Crippen molar-refractivity contribution in [2.24, 2.45) is 5.73 Å². The van der Waals surface area contributed by atoms with Gasteiger partial charge in [0.25, 0.3) is 0 Å². The van der Waals surface area contributed by atoms with Crippen LogP contribution in [0.1, 0.15) is 39.0 Å². The van der Waals surface area contributed by atoms with Crippen LogP contribution >= 0.6 is 0 Å². The Labute approximate surface area is 73.3 Å². The lowest BCUT2D eigenvalue weighted by atomic mass is 10.1. The summed E-state index contributed by atoms with van der Waals surface area (Å²) in [5.74, 6) is -0.171. The first-order valence-corrected chi connectivity index (χ1v) is 4.61. The standard InChI is InChI=1S/C9H17NO2/c1-7(11)12-9-4-2-3-8(10)5-6-9/h8-9H,2-6,10H2,1H3/t8-,9+/m0/s1. The molecule has 70 valence electrons. The molecule has 0 aromatic heterocycles. The van der Waals surface area contributed by atoms with Gasteiger partial charge in [-0.2, -0.15) is 0 Å². The molecule has 1 fully saturated rings. The lowest BCUT2D eigenvalue weighted by Gasteiger charge is -2.13. The monoisotopic (exact) mass is 171 g/mol. The molecule has 0 saturated heterocycles. The minimum absolute atomic E-state index is 0.121. The van der Waals surface area contributed by atoms with Gasteiger partial charge in [0.05, 0.1) is 0 Å². The minimum atomic E-state index is -0.171. The maximum atomic E-state index is 10.7. The van der Waals surface area contributed by atoms with Crippen LogP contribution in [0.15, 0.2) is 0 Å². The number of nitrogens with two attached hydrogens (primary N) is 1. The second-order valence-electron chi connectivity index (χ2n) is 3.50. The highest BCUT2D eigenvalue weighted by molar-refractivity contribution is 5.66. The molecule has 0 spiro atoms. The lowest BCUT2D eigenvalue weighted by molar-refractivity contribution is -0.146. The van der Waals surface area contributed by atoms with E-state index in [0.717, 1.165) is 32.1 Å². The van der Waals surface area contributed by atoms with Gasteiger partial charge < -0.3 is 10.5 Å². The summed E-state index contributed by atoms with van der Waals surface area (Å²) in [6.07, 6.45) is 5.17. The molecule has 0 bridgehead atoms. The minimum Gasteiger partial charge on any atom is -0.463 e. The van der Waals surface area contributed by atoms with Gasteiger partial charge in [-0.15, -0.1) is 0 Å². The molecular weight excluding hydrogens is 154 g/mol. The third-order valence-electron chi connectivity index (χ3n) is 2.29. The van der Waals surface area contributed by atoms with Crippen LogP contribution in [0.5, 0.6) is 0 Å². The molecule has 12 heavy (non-hydrogen) atoms. The van der Waals surface area contributed by atoms with Crippen molar-refractivity contribution in [2.45, 2.75) is 51.2 Å². The summed E-state index contributed by atoms with van der Waals surface area (Å²) in [6.45, 7) is 1.46. The Balaban J connectivity index is 2.30. The Bertz CT molecular complexity index is 159. The van der Waals surface area contributed by atoms with Crippen molar-refractivity contribution in [3.8, 4) is 0 Å². The normalized spacial score (nSPS) is 30.8. The van der Waals surface area contributed by atoms with Gasteiger partial charge in [-0.1, -0.05) is 0 Å². The van der Waals surface area contributed by atoms with Crippen LogP contribution in [0.25, 0.3) is 0 Å². The molecule has 2 N–H and O–H groups in total. The topological polar surface area (TPSA) is 52.3 Å². The molecule has 0 unspecified atom stereocenters. The molecule has 1 rings (SSSR count). The van der Waals surface area contributed by atoms with Gasteiger partial charge in [-0.25, -0.2) is 0 Å².